The molecule has 128 valence electrons. The lowest BCUT2D eigenvalue weighted by atomic mass is 9.96. The van der Waals surface area contributed by atoms with E-state index in [0.29, 0.717) is 11.2 Å². The molecule has 2 heterocycles. The number of nitrogens with zero attached hydrogens (tertiary/aromatic N) is 2. The molecule has 0 unspecified atom stereocenters. The van der Waals surface area contributed by atoms with Crippen LogP contribution in [-0.2, 0) is 0 Å². The molecule has 2 aromatic rings. The van der Waals surface area contributed by atoms with Crippen molar-refractivity contribution >= 4 is 45.7 Å². The first-order chi connectivity index (χ1) is 11.6. The third kappa shape index (κ3) is 4.40. The molecular formula is C17H22N4S3. The standard InChI is InChI=1S/C17H22N4S3/c1-11-15(24-16(18-11)14-9-6-10-23-14)12(2)20-21-17(22)19-13-7-4-3-5-8-13/h6,9-10,13H,3-5,7-8H2,1-2H3,(H2,19,21,22)/b20-12+. The second kappa shape index (κ2) is 8.18. The first-order valence-electron chi connectivity index (χ1n) is 8.26. The number of hydrogen-bond acceptors (Lipinski definition) is 5. The van der Waals surface area contributed by atoms with Crippen molar-refractivity contribution in [2.75, 3.05) is 0 Å². The summed E-state index contributed by atoms with van der Waals surface area (Å²) in [6.07, 6.45) is 6.31. The zero-order chi connectivity index (χ0) is 16.9. The number of thiophene rings is 1. The van der Waals surface area contributed by atoms with Crippen molar-refractivity contribution in [1.82, 2.24) is 15.7 Å². The Morgan fingerprint density at radius 1 is 1.33 bits per heavy atom. The maximum absolute atomic E-state index is 5.37. The second-order valence-electron chi connectivity index (χ2n) is 6.03. The summed E-state index contributed by atoms with van der Waals surface area (Å²) in [6.45, 7) is 4.02. The van der Waals surface area contributed by atoms with Crippen LogP contribution in [0.1, 0.15) is 49.6 Å². The molecule has 1 aliphatic rings. The van der Waals surface area contributed by atoms with E-state index in [4.69, 9.17) is 12.2 Å². The fourth-order valence-electron chi connectivity index (χ4n) is 2.89. The summed E-state index contributed by atoms with van der Waals surface area (Å²) >= 11 is 8.75. The Labute approximate surface area is 156 Å². The number of aromatic nitrogens is 1. The van der Waals surface area contributed by atoms with E-state index >= 15 is 0 Å². The molecule has 0 atom stereocenters. The molecule has 24 heavy (non-hydrogen) atoms. The van der Waals surface area contributed by atoms with Gasteiger partial charge in [-0.05, 0) is 50.4 Å². The second-order valence-corrected chi connectivity index (χ2v) is 8.38. The minimum Gasteiger partial charge on any atom is -0.359 e. The van der Waals surface area contributed by atoms with E-state index in [1.165, 1.54) is 37.0 Å². The summed E-state index contributed by atoms with van der Waals surface area (Å²) in [5, 5.41) is 11.6. The van der Waals surface area contributed by atoms with Crippen LogP contribution in [-0.4, -0.2) is 21.8 Å². The quantitative estimate of drug-likeness (QED) is 0.460. The van der Waals surface area contributed by atoms with E-state index in [2.05, 4.69) is 32.3 Å². The number of rotatable bonds is 4. The van der Waals surface area contributed by atoms with Gasteiger partial charge in [0.2, 0.25) is 0 Å². The molecule has 2 aromatic heterocycles. The molecule has 1 fully saturated rings. The Bertz CT molecular complexity index is 712. The molecular weight excluding hydrogens is 356 g/mol. The van der Waals surface area contributed by atoms with Crippen molar-refractivity contribution in [1.29, 1.82) is 0 Å². The highest BCUT2D eigenvalue weighted by molar-refractivity contribution is 7.80. The highest BCUT2D eigenvalue weighted by atomic mass is 32.1. The molecule has 4 nitrogen and oxygen atoms in total. The van der Waals surface area contributed by atoms with E-state index in [1.54, 1.807) is 22.7 Å². The van der Waals surface area contributed by atoms with E-state index in [9.17, 15) is 0 Å². The van der Waals surface area contributed by atoms with Crippen molar-refractivity contribution in [3.05, 3.63) is 28.1 Å². The lowest BCUT2D eigenvalue weighted by molar-refractivity contribution is 0.412. The van der Waals surface area contributed by atoms with Gasteiger partial charge in [0.15, 0.2) is 5.11 Å². The summed E-state index contributed by atoms with van der Waals surface area (Å²) in [6, 6.07) is 4.64. The van der Waals surface area contributed by atoms with Crippen LogP contribution >= 0.6 is 34.9 Å². The smallest absolute Gasteiger partial charge is 0.187 e. The average molecular weight is 379 g/mol. The van der Waals surface area contributed by atoms with Gasteiger partial charge in [0.05, 0.1) is 21.2 Å². The number of nitrogens with one attached hydrogen (secondary N) is 2. The molecule has 0 spiro atoms. The van der Waals surface area contributed by atoms with Crippen LogP contribution in [0.5, 0.6) is 0 Å². The van der Waals surface area contributed by atoms with Crippen LogP contribution in [0, 0.1) is 6.92 Å². The third-order valence-corrected chi connectivity index (χ3v) is 6.64. The predicted molar refractivity (Wildman–Crippen MR) is 108 cm³/mol. The van der Waals surface area contributed by atoms with Crippen molar-refractivity contribution in [3.63, 3.8) is 0 Å². The Balaban J connectivity index is 1.62. The van der Waals surface area contributed by atoms with Crippen LogP contribution in [0.3, 0.4) is 0 Å². The highest BCUT2D eigenvalue weighted by Crippen LogP contribution is 2.31. The van der Waals surface area contributed by atoms with E-state index in [-0.39, 0.29) is 0 Å². The third-order valence-electron chi connectivity index (χ3n) is 4.12. The molecule has 0 aliphatic heterocycles. The number of aryl methyl sites for hydroxylation is 1. The topological polar surface area (TPSA) is 49.3 Å². The van der Waals surface area contributed by atoms with Gasteiger partial charge in [0, 0.05) is 6.04 Å². The lowest BCUT2D eigenvalue weighted by Gasteiger charge is -2.23. The summed E-state index contributed by atoms with van der Waals surface area (Å²) < 4.78 is 0. The molecule has 0 saturated heterocycles. The van der Waals surface area contributed by atoms with Gasteiger partial charge in [-0.25, -0.2) is 4.98 Å². The van der Waals surface area contributed by atoms with Crippen LogP contribution < -0.4 is 10.7 Å². The number of thiocarbonyl (C=S) groups is 1. The zero-order valence-electron chi connectivity index (χ0n) is 14.0. The summed E-state index contributed by atoms with van der Waals surface area (Å²) in [7, 11) is 0. The summed E-state index contributed by atoms with van der Waals surface area (Å²) in [4.78, 5) is 6.97. The van der Waals surface area contributed by atoms with Gasteiger partial charge in [-0.15, -0.1) is 22.7 Å². The predicted octanol–water partition coefficient (Wildman–Crippen LogP) is 4.70. The number of hydrogen-bond donors (Lipinski definition) is 2. The van der Waals surface area contributed by atoms with Crippen LogP contribution in [0.4, 0.5) is 0 Å². The molecule has 2 N–H and O–H groups in total. The normalized spacial score (nSPS) is 16.2. The number of hydrazone groups is 1. The molecule has 3 rings (SSSR count). The van der Waals surface area contributed by atoms with Gasteiger partial charge in [0.1, 0.15) is 5.01 Å². The van der Waals surface area contributed by atoms with Gasteiger partial charge < -0.3 is 5.32 Å². The Hall–Kier alpha value is -1.31. The van der Waals surface area contributed by atoms with Gasteiger partial charge in [-0.3, -0.25) is 5.43 Å². The van der Waals surface area contributed by atoms with E-state index in [0.717, 1.165) is 21.3 Å². The van der Waals surface area contributed by atoms with Crippen LogP contribution in [0.2, 0.25) is 0 Å². The fraction of sp³-hybridized carbons (Fsp3) is 0.471. The number of thiazole rings is 1. The fourth-order valence-corrected chi connectivity index (χ4v) is 4.91. The molecule has 1 saturated carbocycles. The Morgan fingerprint density at radius 2 is 2.12 bits per heavy atom. The van der Waals surface area contributed by atoms with Gasteiger partial charge in [0.25, 0.3) is 0 Å². The molecule has 0 aromatic carbocycles. The summed E-state index contributed by atoms with van der Waals surface area (Å²) in [5.74, 6) is 0. The Morgan fingerprint density at radius 3 is 2.83 bits per heavy atom. The lowest BCUT2D eigenvalue weighted by Crippen LogP contribution is -2.41. The minimum absolute atomic E-state index is 0.491. The molecule has 0 bridgehead atoms. The largest absolute Gasteiger partial charge is 0.359 e. The molecule has 1 aliphatic carbocycles. The van der Waals surface area contributed by atoms with Crippen LogP contribution in [0.15, 0.2) is 22.6 Å². The molecule has 7 heteroatoms. The van der Waals surface area contributed by atoms with Gasteiger partial charge in [-0.2, -0.15) is 5.10 Å². The first-order valence-corrected chi connectivity index (χ1v) is 10.4. The maximum Gasteiger partial charge on any atom is 0.187 e. The molecule has 0 radical (unpaired) electrons. The zero-order valence-corrected chi connectivity index (χ0v) is 16.4. The monoisotopic (exact) mass is 378 g/mol. The summed E-state index contributed by atoms with van der Waals surface area (Å²) in [5.41, 5.74) is 4.92. The minimum atomic E-state index is 0.491. The van der Waals surface area contributed by atoms with E-state index < -0.39 is 0 Å². The SMILES string of the molecule is C/C(=N\NC(=S)NC1CCCCC1)c1sc(-c2cccs2)nc1C. The highest BCUT2D eigenvalue weighted by Gasteiger charge is 2.15. The molecule has 0 amide bonds. The van der Waals surface area contributed by atoms with Crippen molar-refractivity contribution in [2.24, 2.45) is 5.10 Å². The first kappa shape index (κ1) is 17.5. The van der Waals surface area contributed by atoms with Crippen LogP contribution in [0.25, 0.3) is 9.88 Å². The van der Waals surface area contributed by atoms with Crippen molar-refractivity contribution in [3.8, 4) is 9.88 Å². The van der Waals surface area contributed by atoms with Gasteiger partial charge in [-0.1, -0.05) is 25.3 Å². The van der Waals surface area contributed by atoms with Gasteiger partial charge >= 0.3 is 0 Å². The van der Waals surface area contributed by atoms with E-state index in [1.807, 2.05) is 19.9 Å². The van der Waals surface area contributed by atoms with Crippen molar-refractivity contribution < 1.29 is 0 Å². The average Bonchev–Trinajstić information content (AvgIpc) is 3.23. The maximum atomic E-state index is 5.37. The van der Waals surface area contributed by atoms with Crippen molar-refractivity contribution in [2.45, 2.75) is 52.0 Å². The Kier molecular flexibility index (Phi) is 5.97.